The van der Waals surface area contributed by atoms with E-state index < -0.39 is 0 Å². The van der Waals surface area contributed by atoms with Crippen molar-refractivity contribution >= 4 is 38.2 Å². The van der Waals surface area contributed by atoms with Crippen molar-refractivity contribution in [1.82, 2.24) is 10.3 Å². The molecule has 0 atom stereocenters. The molecule has 0 aliphatic heterocycles. The SMILES string of the molecule is Oc1cc2cc(CNCCc3ccc(Br)cc3)c(-c3ccsc3)nc2cc1O. The summed E-state index contributed by atoms with van der Waals surface area (Å²) in [5.74, 6) is -0.289. The fourth-order valence-corrected chi connectivity index (χ4v) is 4.04. The fourth-order valence-electron chi connectivity index (χ4n) is 3.13. The van der Waals surface area contributed by atoms with Crippen LogP contribution >= 0.6 is 27.3 Å². The molecule has 28 heavy (non-hydrogen) atoms. The summed E-state index contributed by atoms with van der Waals surface area (Å²) in [7, 11) is 0. The van der Waals surface area contributed by atoms with Crippen LogP contribution in [-0.4, -0.2) is 21.7 Å². The molecule has 0 spiro atoms. The number of fused-ring (bicyclic) bond motifs is 1. The van der Waals surface area contributed by atoms with Gasteiger partial charge in [-0.15, -0.1) is 0 Å². The Morgan fingerprint density at radius 3 is 2.54 bits per heavy atom. The van der Waals surface area contributed by atoms with E-state index in [9.17, 15) is 10.2 Å². The maximum absolute atomic E-state index is 9.83. The van der Waals surface area contributed by atoms with Crippen molar-refractivity contribution in [3.8, 4) is 22.8 Å². The smallest absolute Gasteiger partial charge is 0.159 e. The molecule has 2 heterocycles. The highest BCUT2D eigenvalue weighted by molar-refractivity contribution is 9.10. The molecule has 0 fully saturated rings. The van der Waals surface area contributed by atoms with Gasteiger partial charge in [0.15, 0.2) is 11.5 Å². The summed E-state index contributed by atoms with van der Waals surface area (Å²) in [4.78, 5) is 4.76. The minimum Gasteiger partial charge on any atom is -0.504 e. The molecule has 0 radical (unpaired) electrons. The summed E-state index contributed by atoms with van der Waals surface area (Å²) < 4.78 is 1.08. The van der Waals surface area contributed by atoms with E-state index in [-0.39, 0.29) is 11.5 Å². The largest absolute Gasteiger partial charge is 0.504 e. The number of thiophene rings is 1. The number of phenolic OH excluding ortho intramolecular Hbond substituents is 2. The third-order valence-electron chi connectivity index (χ3n) is 4.60. The van der Waals surface area contributed by atoms with E-state index in [2.05, 4.69) is 50.9 Å². The van der Waals surface area contributed by atoms with Crippen LogP contribution in [0.5, 0.6) is 11.5 Å². The Morgan fingerprint density at radius 1 is 1.00 bits per heavy atom. The van der Waals surface area contributed by atoms with Crippen molar-refractivity contribution in [3.05, 3.63) is 74.9 Å². The highest BCUT2D eigenvalue weighted by Crippen LogP contribution is 2.33. The molecular formula is C22H19BrN2O2S. The van der Waals surface area contributed by atoms with Crippen molar-refractivity contribution in [3.63, 3.8) is 0 Å². The molecule has 0 saturated heterocycles. The van der Waals surface area contributed by atoms with Crippen molar-refractivity contribution in [2.24, 2.45) is 0 Å². The number of phenols is 2. The van der Waals surface area contributed by atoms with Crippen LogP contribution in [0.25, 0.3) is 22.2 Å². The first kappa shape index (κ1) is 18.9. The zero-order valence-corrected chi connectivity index (χ0v) is 17.4. The van der Waals surface area contributed by atoms with Crippen LogP contribution in [0.2, 0.25) is 0 Å². The molecule has 0 aliphatic rings. The normalized spacial score (nSPS) is 11.2. The van der Waals surface area contributed by atoms with Crippen LogP contribution in [0.15, 0.2) is 63.8 Å². The molecule has 0 amide bonds. The van der Waals surface area contributed by atoms with E-state index in [1.54, 1.807) is 17.4 Å². The Balaban J connectivity index is 1.56. The van der Waals surface area contributed by atoms with Gasteiger partial charge in [0, 0.05) is 33.4 Å². The third kappa shape index (κ3) is 4.19. The number of nitrogens with zero attached hydrogens (tertiary/aromatic N) is 1. The molecule has 3 N–H and O–H groups in total. The molecule has 2 aromatic carbocycles. The second-order valence-electron chi connectivity index (χ2n) is 6.59. The summed E-state index contributed by atoms with van der Waals surface area (Å²) in [6, 6.07) is 15.5. The van der Waals surface area contributed by atoms with Gasteiger partial charge in [-0.3, -0.25) is 0 Å². The van der Waals surface area contributed by atoms with Gasteiger partial charge in [-0.05, 0) is 59.8 Å². The Kier molecular flexibility index (Phi) is 5.62. The van der Waals surface area contributed by atoms with Gasteiger partial charge < -0.3 is 15.5 Å². The molecule has 4 rings (SSSR count). The highest BCUT2D eigenvalue weighted by atomic mass is 79.9. The van der Waals surface area contributed by atoms with E-state index >= 15 is 0 Å². The van der Waals surface area contributed by atoms with Crippen LogP contribution in [0.1, 0.15) is 11.1 Å². The van der Waals surface area contributed by atoms with E-state index in [0.29, 0.717) is 12.1 Å². The monoisotopic (exact) mass is 454 g/mol. The fraction of sp³-hybridized carbons (Fsp3) is 0.136. The lowest BCUT2D eigenvalue weighted by Gasteiger charge is -2.12. The average Bonchev–Trinajstić information content (AvgIpc) is 3.22. The molecular weight excluding hydrogens is 436 g/mol. The minimum absolute atomic E-state index is 0.133. The summed E-state index contributed by atoms with van der Waals surface area (Å²) in [6.45, 7) is 1.52. The van der Waals surface area contributed by atoms with E-state index in [1.807, 2.05) is 17.5 Å². The molecule has 4 aromatic rings. The van der Waals surface area contributed by atoms with Gasteiger partial charge >= 0.3 is 0 Å². The van der Waals surface area contributed by atoms with E-state index in [1.165, 1.54) is 11.6 Å². The molecule has 2 aromatic heterocycles. The average molecular weight is 455 g/mol. The van der Waals surface area contributed by atoms with Gasteiger partial charge in [0.2, 0.25) is 0 Å². The predicted molar refractivity (Wildman–Crippen MR) is 118 cm³/mol. The molecule has 0 unspecified atom stereocenters. The first-order valence-corrected chi connectivity index (χ1v) is 10.7. The molecule has 0 bridgehead atoms. The van der Waals surface area contributed by atoms with Crippen LogP contribution in [0.3, 0.4) is 0 Å². The Bertz CT molecular complexity index is 1100. The molecule has 142 valence electrons. The number of hydrogen-bond donors (Lipinski definition) is 3. The number of aromatic nitrogens is 1. The summed E-state index contributed by atoms with van der Waals surface area (Å²) >= 11 is 5.09. The second-order valence-corrected chi connectivity index (χ2v) is 8.29. The molecule has 6 heteroatoms. The van der Waals surface area contributed by atoms with Crippen LogP contribution < -0.4 is 5.32 Å². The van der Waals surface area contributed by atoms with E-state index in [4.69, 9.17) is 4.98 Å². The number of aromatic hydroxyl groups is 2. The van der Waals surface area contributed by atoms with E-state index in [0.717, 1.165) is 39.6 Å². The zero-order chi connectivity index (χ0) is 19.5. The summed E-state index contributed by atoms with van der Waals surface area (Å²) in [5.41, 5.74) is 4.96. The summed E-state index contributed by atoms with van der Waals surface area (Å²) in [5, 5.41) is 28.0. The first-order valence-electron chi connectivity index (χ1n) is 8.93. The Morgan fingerprint density at radius 2 is 1.79 bits per heavy atom. The maximum Gasteiger partial charge on any atom is 0.159 e. The maximum atomic E-state index is 9.83. The lowest BCUT2D eigenvalue weighted by atomic mass is 10.0. The Hall–Kier alpha value is -2.41. The van der Waals surface area contributed by atoms with Crippen LogP contribution in [0, 0.1) is 0 Å². The molecule has 0 aliphatic carbocycles. The van der Waals surface area contributed by atoms with Gasteiger partial charge in [0.05, 0.1) is 11.2 Å². The quantitative estimate of drug-likeness (QED) is 0.267. The molecule has 0 saturated carbocycles. The lowest BCUT2D eigenvalue weighted by Crippen LogP contribution is -2.17. The highest BCUT2D eigenvalue weighted by Gasteiger charge is 2.12. The van der Waals surface area contributed by atoms with Crippen molar-refractivity contribution in [2.45, 2.75) is 13.0 Å². The van der Waals surface area contributed by atoms with Crippen molar-refractivity contribution in [2.75, 3.05) is 6.54 Å². The number of halogens is 1. The van der Waals surface area contributed by atoms with Gasteiger partial charge in [0.1, 0.15) is 0 Å². The zero-order valence-electron chi connectivity index (χ0n) is 15.0. The van der Waals surface area contributed by atoms with Crippen LogP contribution in [0.4, 0.5) is 0 Å². The van der Waals surface area contributed by atoms with Gasteiger partial charge in [-0.1, -0.05) is 28.1 Å². The molecule has 4 nitrogen and oxygen atoms in total. The van der Waals surface area contributed by atoms with Crippen molar-refractivity contribution < 1.29 is 10.2 Å². The number of benzene rings is 2. The number of hydrogen-bond acceptors (Lipinski definition) is 5. The Labute approximate surface area is 175 Å². The predicted octanol–water partition coefficient (Wildman–Crippen LogP) is 5.47. The van der Waals surface area contributed by atoms with Gasteiger partial charge in [0.25, 0.3) is 0 Å². The summed E-state index contributed by atoms with van der Waals surface area (Å²) in [6.07, 6.45) is 0.941. The van der Waals surface area contributed by atoms with Crippen LogP contribution in [-0.2, 0) is 13.0 Å². The van der Waals surface area contributed by atoms with Gasteiger partial charge in [-0.2, -0.15) is 11.3 Å². The van der Waals surface area contributed by atoms with Crippen molar-refractivity contribution in [1.29, 1.82) is 0 Å². The third-order valence-corrected chi connectivity index (χ3v) is 5.82. The first-order chi connectivity index (χ1) is 13.6. The number of rotatable bonds is 6. The van der Waals surface area contributed by atoms with Gasteiger partial charge in [-0.25, -0.2) is 4.98 Å². The number of pyridine rings is 1. The standard InChI is InChI=1S/C22H19BrN2O2S/c23-18-3-1-14(2-4-18)5-7-24-12-17-9-16-10-20(26)21(27)11-19(16)25-22(17)15-6-8-28-13-15/h1-4,6,8-11,13,24,26-27H,5,7,12H2. The minimum atomic E-state index is -0.156. The second kappa shape index (κ2) is 8.31. The topological polar surface area (TPSA) is 65.4 Å². The lowest BCUT2D eigenvalue weighted by molar-refractivity contribution is 0.405. The number of nitrogens with one attached hydrogen (secondary N) is 1.